The van der Waals surface area contributed by atoms with Crippen LogP contribution in [0.1, 0.15) is 24.0 Å². The van der Waals surface area contributed by atoms with E-state index in [0.29, 0.717) is 18.7 Å². The van der Waals surface area contributed by atoms with E-state index in [2.05, 4.69) is 16.3 Å². The molecule has 1 aromatic carbocycles. The van der Waals surface area contributed by atoms with E-state index >= 15 is 0 Å². The number of halogens is 1. The molecule has 0 radical (unpaired) electrons. The van der Waals surface area contributed by atoms with Gasteiger partial charge in [-0.3, -0.25) is 9.69 Å². The topological polar surface area (TPSA) is 61.8 Å². The van der Waals surface area contributed by atoms with Crippen LogP contribution in [0.25, 0.3) is 0 Å². The zero-order valence-electron chi connectivity index (χ0n) is 13.2. The molecule has 2 fully saturated rings. The number of ether oxygens (including phenoxy) is 1. The molecule has 2 N–H and O–H groups in total. The largest absolute Gasteiger partial charge is 0.492 e. The first-order valence-electron chi connectivity index (χ1n) is 8.11. The molecule has 3 rings (SSSR count). The van der Waals surface area contributed by atoms with Crippen molar-refractivity contribution in [1.82, 2.24) is 10.2 Å². The number of hydrogen-bond donors (Lipinski definition) is 2. The number of aliphatic carboxylic acids is 1. The number of carbonyl (C=O) groups is 1. The minimum Gasteiger partial charge on any atom is -0.492 e. The van der Waals surface area contributed by atoms with Gasteiger partial charge < -0.3 is 15.2 Å². The molecular formula is C17H23ClN2O3. The van der Waals surface area contributed by atoms with Crippen molar-refractivity contribution >= 4 is 17.6 Å². The smallest absolute Gasteiger partial charge is 0.313 e. The summed E-state index contributed by atoms with van der Waals surface area (Å²) < 4.78 is 5.85. The number of benzene rings is 1. The van der Waals surface area contributed by atoms with Crippen molar-refractivity contribution in [2.45, 2.75) is 25.3 Å². The number of rotatable bonds is 7. The second-order valence-electron chi connectivity index (χ2n) is 6.43. The van der Waals surface area contributed by atoms with Gasteiger partial charge >= 0.3 is 5.97 Å². The molecule has 0 atom stereocenters. The molecule has 0 amide bonds. The van der Waals surface area contributed by atoms with Crippen molar-refractivity contribution in [2.75, 3.05) is 32.8 Å². The highest BCUT2D eigenvalue weighted by Gasteiger charge is 2.51. The number of hydrogen-bond acceptors (Lipinski definition) is 4. The molecule has 1 aliphatic carbocycles. The maximum atomic E-state index is 11.3. The molecule has 1 aromatic rings. The minimum atomic E-state index is -0.762. The second-order valence-corrected chi connectivity index (χ2v) is 6.70. The van der Waals surface area contributed by atoms with Gasteiger partial charge in [0.25, 0.3) is 0 Å². The van der Waals surface area contributed by atoms with Crippen LogP contribution in [0, 0.1) is 5.41 Å². The van der Waals surface area contributed by atoms with Crippen LogP contribution < -0.4 is 10.1 Å². The van der Waals surface area contributed by atoms with Crippen molar-refractivity contribution in [3.8, 4) is 5.75 Å². The van der Waals surface area contributed by atoms with E-state index < -0.39 is 11.4 Å². The van der Waals surface area contributed by atoms with Crippen molar-refractivity contribution in [2.24, 2.45) is 5.41 Å². The van der Waals surface area contributed by atoms with Gasteiger partial charge in [0.2, 0.25) is 0 Å². The molecule has 0 spiro atoms. The lowest BCUT2D eigenvalue weighted by Gasteiger charge is -2.28. The quantitative estimate of drug-likeness (QED) is 0.745. The van der Waals surface area contributed by atoms with Gasteiger partial charge in [-0.15, -0.1) is 11.6 Å². The fraction of sp³-hybridized carbons (Fsp3) is 0.588. The predicted molar refractivity (Wildman–Crippen MR) is 88.9 cm³/mol. The summed E-state index contributed by atoms with van der Waals surface area (Å²) in [5.41, 5.74) is 1.46. The molecule has 0 unspecified atom stereocenters. The first kappa shape index (κ1) is 16.6. The molecule has 2 aliphatic rings. The third kappa shape index (κ3) is 3.79. The molecule has 1 aliphatic heterocycles. The standard InChI is InChI=1S/C17H23ClN2O3/c18-10-14-13(11-20-8-6-19-7-9-20)2-1-3-15(14)23-12-17(4-5-17)16(21)22/h1-3,19H,4-12H2,(H,21,22). The zero-order chi connectivity index (χ0) is 16.3. The molecule has 126 valence electrons. The molecule has 5 nitrogen and oxygen atoms in total. The number of carboxylic acids is 1. The summed E-state index contributed by atoms with van der Waals surface area (Å²) in [5.74, 6) is 0.333. The fourth-order valence-corrected chi connectivity index (χ4v) is 3.25. The number of carboxylic acid groups (broad SMARTS) is 1. The van der Waals surface area contributed by atoms with E-state index in [9.17, 15) is 9.90 Å². The second kappa shape index (κ2) is 7.07. The van der Waals surface area contributed by atoms with E-state index in [1.165, 1.54) is 5.56 Å². The van der Waals surface area contributed by atoms with Crippen LogP contribution in [0.4, 0.5) is 0 Å². The molecule has 0 bridgehead atoms. The fourth-order valence-electron chi connectivity index (χ4n) is 2.94. The van der Waals surface area contributed by atoms with Crippen LogP contribution in [0.3, 0.4) is 0 Å². The minimum absolute atomic E-state index is 0.226. The average Bonchev–Trinajstić information content (AvgIpc) is 3.35. The van der Waals surface area contributed by atoms with Gasteiger partial charge in [-0.05, 0) is 24.5 Å². The van der Waals surface area contributed by atoms with Crippen LogP contribution in [0.15, 0.2) is 18.2 Å². The number of nitrogens with one attached hydrogen (secondary N) is 1. The summed E-state index contributed by atoms with van der Waals surface area (Å²) in [6.07, 6.45) is 1.39. The first-order valence-corrected chi connectivity index (χ1v) is 8.64. The predicted octanol–water partition coefficient (Wildman–Crippen LogP) is 2.07. The van der Waals surface area contributed by atoms with Crippen LogP contribution in [0.2, 0.25) is 0 Å². The van der Waals surface area contributed by atoms with E-state index in [-0.39, 0.29) is 6.61 Å². The summed E-state index contributed by atoms with van der Waals surface area (Å²) >= 11 is 6.16. The average molecular weight is 339 g/mol. The Bertz CT molecular complexity index is 569. The third-order valence-electron chi connectivity index (χ3n) is 4.78. The highest BCUT2D eigenvalue weighted by atomic mass is 35.5. The highest BCUT2D eigenvalue weighted by Crippen LogP contribution is 2.46. The molecule has 6 heteroatoms. The Morgan fingerprint density at radius 1 is 1.35 bits per heavy atom. The summed E-state index contributed by atoms with van der Waals surface area (Å²) in [6, 6.07) is 5.93. The van der Waals surface area contributed by atoms with E-state index in [0.717, 1.165) is 44.0 Å². The van der Waals surface area contributed by atoms with Gasteiger partial charge in [-0.2, -0.15) is 0 Å². The van der Waals surface area contributed by atoms with Crippen molar-refractivity contribution < 1.29 is 14.6 Å². The number of nitrogens with zero attached hydrogens (tertiary/aromatic N) is 1. The number of alkyl halides is 1. The molecule has 1 saturated heterocycles. The van der Waals surface area contributed by atoms with Gasteiger partial charge in [0.1, 0.15) is 17.8 Å². The van der Waals surface area contributed by atoms with E-state index in [4.69, 9.17) is 16.3 Å². The SMILES string of the molecule is O=C(O)C1(COc2cccc(CN3CCNCC3)c2CCl)CC1. The lowest BCUT2D eigenvalue weighted by Crippen LogP contribution is -2.43. The first-order chi connectivity index (χ1) is 11.1. The van der Waals surface area contributed by atoms with E-state index in [1.807, 2.05) is 12.1 Å². The zero-order valence-corrected chi connectivity index (χ0v) is 13.9. The van der Waals surface area contributed by atoms with E-state index in [1.54, 1.807) is 0 Å². The van der Waals surface area contributed by atoms with Crippen molar-refractivity contribution in [1.29, 1.82) is 0 Å². The lowest BCUT2D eigenvalue weighted by atomic mass is 10.1. The van der Waals surface area contributed by atoms with Gasteiger partial charge in [0, 0.05) is 38.3 Å². The van der Waals surface area contributed by atoms with Crippen molar-refractivity contribution in [3.63, 3.8) is 0 Å². The highest BCUT2D eigenvalue weighted by molar-refractivity contribution is 6.17. The van der Waals surface area contributed by atoms with Gasteiger partial charge in [0.15, 0.2) is 0 Å². The Hall–Kier alpha value is -1.30. The van der Waals surface area contributed by atoms with Crippen molar-refractivity contribution in [3.05, 3.63) is 29.3 Å². The van der Waals surface area contributed by atoms with Crippen LogP contribution in [0.5, 0.6) is 5.75 Å². The summed E-state index contributed by atoms with van der Waals surface area (Å²) in [6.45, 7) is 5.14. The Kier molecular flexibility index (Phi) is 5.09. The Morgan fingerprint density at radius 3 is 2.70 bits per heavy atom. The van der Waals surface area contributed by atoms with Crippen LogP contribution in [-0.4, -0.2) is 48.8 Å². The van der Waals surface area contributed by atoms with Gasteiger partial charge in [-0.25, -0.2) is 0 Å². The summed E-state index contributed by atoms with van der Waals surface area (Å²) in [5, 5.41) is 12.6. The molecular weight excluding hydrogens is 316 g/mol. The molecule has 23 heavy (non-hydrogen) atoms. The lowest BCUT2D eigenvalue weighted by molar-refractivity contribution is -0.144. The maximum Gasteiger partial charge on any atom is 0.313 e. The maximum absolute atomic E-state index is 11.3. The van der Waals surface area contributed by atoms with Gasteiger partial charge in [-0.1, -0.05) is 12.1 Å². The van der Waals surface area contributed by atoms with Gasteiger partial charge in [0.05, 0.1) is 5.88 Å². The van der Waals surface area contributed by atoms with Crippen LogP contribution >= 0.6 is 11.6 Å². The summed E-state index contributed by atoms with van der Waals surface area (Å²) in [4.78, 5) is 13.7. The Labute approximate surface area is 141 Å². The normalized spacial score (nSPS) is 20.2. The number of piperazine rings is 1. The monoisotopic (exact) mass is 338 g/mol. The summed E-state index contributed by atoms with van der Waals surface area (Å²) in [7, 11) is 0. The van der Waals surface area contributed by atoms with Crippen LogP contribution in [-0.2, 0) is 17.2 Å². The molecule has 1 saturated carbocycles. The third-order valence-corrected chi connectivity index (χ3v) is 5.05. The molecule has 0 aromatic heterocycles. The Morgan fingerprint density at radius 2 is 2.09 bits per heavy atom. The Balaban J connectivity index is 1.70. The molecule has 1 heterocycles.